The third kappa shape index (κ3) is 4.59. The van der Waals surface area contributed by atoms with E-state index in [-0.39, 0.29) is 27.8 Å². The minimum atomic E-state index is -1.27. The normalized spacial score (nSPS) is 25.4. The van der Waals surface area contributed by atoms with Crippen LogP contribution >= 0.6 is 23.2 Å². The number of likely N-dealkylation sites (tertiary alicyclic amines) is 1. The molecule has 0 radical (unpaired) electrons. The molecule has 5 nitrogen and oxygen atoms in total. The number of fused-ring (bicyclic) bond motifs is 3. The summed E-state index contributed by atoms with van der Waals surface area (Å²) in [7, 11) is 0. The molecule has 0 unspecified atom stereocenters. The Morgan fingerprint density at radius 2 is 1.73 bits per heavy atom. The molecule has 2 amide bonds. The first kappa shape index (κ1) is 31.1. The summed E-state index contributed by atoms with van der Waals surface area (Å²) in [4.78, 5) is 31.7. The number of nitrogens with zero attached hydrogens (tertiary/aromatic N) is 1. The van der Waals surface area contributed by atoms with Crippen molar-refractivity contribution in [3.05, 3.63) is 93.2 Å². The smallest absolute Gasteiger partial charge is 0.242 e. The van der Waals surface area contributed by atoms with Crippen LogP contribution in [0.1, 0.15) is 88.8 Å². The maximum absolute atomic E-state index is 16.3. The van der Waals surface area contributed by atoms with Crippen LogP contribution in [0.5, 0.6) is 0 Å². The van der Waals surface area contributed by atoms with Crippen LogP contribution in [0.3, 0.4) is 0 Å². The molecule has 1 saturated heterocycles. The minimum Gasteiger partial charge on any atom is -0.325 e. The molecule has 1 saturated carbocycles. The van der Waals surface area contributed by atoms with Crippen molar-refractivity contribution in [2.24, 2.45) is 5.41 Å². The average molecular weight is 637 g/mol. The maximum atomic E-state index is 16.3. The van der Waals surface area contributed by atoms with Crippen molar-refractivity contribution in [3.8, 4) is 0 Å². The molecule has 0 bridgehead atoms. The number of hydrogen-bond donors (Lipinski definition) is 2. The molecule has 0 aromatic heterocycles. The van der Waals surface area contributed by atoms with E-state index in [9.17, 15) is 9.59 Å². The summed E-state index contributed by atoms with van der Waals surface area (Å²) in [6.45, 7) is 11.3. The molecule has 2 aliphatic heterocycles. The van der Waals surface area contributed by atoms with Gasteiger partial charge in [-0.3, -0.25) is 14.5 Å². The molecule has 3 atom stereocenters. The molecule has 6 rings (SSSR count). The molecule has 3 aliphatic rings. The molecule has 44 heavy (non-hydrogen) atoms. The summed E-state index contributed by atoms with van der Waals surface area (Å²) in [5, 5.41) is 6.74. The average Bonchev–Trinajstić information content (AvgIpc) is 3.41. The molecule has 1 aliphatic carbocycles. The zero-order valence-electron chi connectivity index (χ0n) is 25.9. The van der Waals surface area contributed by atoms with Gasteiger partial charge >= 0.3 is 0 Å². The lowest BCUT2D eigenvalue weighted by molar-refractivity contribution is -0.128. The van der Waals surface area contributed by atoms with Crippen molar-refractivity contribution in [3.63, 3.8) is 0 Å². The number of benzene rings is 3. The van der Waals surface area contributed by atoms with Gasteiger partial charge in [0.15, 0.2) is 0 Å². The Morgan fingerprint density at radius 3 is 2.36 bits per heavy atom. The van der Waals surface area contributed by atoms with Gasteiger partial charge in [-0.05, 0) is 90.6 Å². The van der Waals surface area contributed by atoms with Gasteiger partial charge in [0.25, 0.3) is 0 Å². The van der Waals surface area contributed by atoms with Gasteiger partial charge in [0.05, 0.1) is 11.1 Å². The van der Waals surface area contributed by atoms with Gasteiger partial charge in [-0.1, -0.05) is 88.2 Å². The van der Waals surface area contributed by atoms with Gasteiger partial charge < -0.3 is 10.6 Å². The van der Waals surface area contributed by atoms with Crippen LogP contribution in [0.15, 0.2) is 60.7 Å². The van der Waals surface area contributed by atoms with Crippen molar-refractivity contribution < 1.29 is 14.0 Å². The van der Waals surface area contributed by atoms with E-state index >= 15 is 4.39 Å². The summed E-state index contributed by atoms with van der Waals surface area (Å²) in [6.07, 6.45) is 3.07. The van der Waals surface area contributed by atoms with Crippen LogP contribution in [0, 0.1) is 11.2 Å². The van der Waals surface area contributed by atoms with Crippen molar-refractivity contribution >= 4 is 46.4 Å². The number of nitrogens with one attached hydrogen (secondary N) is 2. The fraction of sp³-hybridized carbons (Fsp3) is 0.444. The molecular weight excluding hydrogens is 596 g/mol. The third-order valence-electron chi connectivity index (χ3n) is 10.6. The zero-order valence-corrected chi connectivity index (χ0v) is 27.5. The number of halogens is 3. The number of hydrogen-bond acceptors (Lipinski definition) is 3. The lowest BCUT2D eigenvalue weighted by Gasteiger charge is -2.53. The fourth-order valence-corrected chi connectivity index (χ4v) is 8.78. The highest BCUT2D eigenvalue weighted by atomic mass is 35.5. The van der Waals surface area contributed by atoms with E-state index in [1.165, 1.54) is 11.6 Å². The van der Waals surface area contributed by atoms with E-state index in [0.29, 0.717) is 41.7 Å². The Morgan fingerprint density at radius 1 is 1.05 bits per heavy atom. The number of amides is 2. The summed E-state index contributed by atoms with van der Waals surface area (Å²) in [5.41, 5.74) is 1.50. The van der Waals surface area contributed by atoms with E-state index in [2.05, 4.69) is 43.2 Å². The van der Waals surface area contributed by atoms with E-state index in [4.69, 9.17) is 23.2 Å². The Kier molecular flexibility index (Phi) is 7.87. The first-order valence-corrected chi connectivity index (χ1v) is 16.3. The van der Waals surface area contributed by atoms with Crippen LogP contribution in [0.4, 0.5) is 15.8 Å². The molecule has 2 fully saturated rings. The molecule has 3 aromatic carbocycles. The summed E-state index contributed by atoms with van der Waals surface area (Å²) < 4.78 is 16.3. The monoisotopic (exact) mass is 635 g/mol. The van der Waals surface area contributed by atoms with Crippen LogP contribution in [0.2, 0.25) is 10.0 Å². The largest absolute Gasteiger partial charge is 0.325 e. The third-order valence-corrected chi connectivity index (χ3v) is 11.1. The quantitative estimate of drug-likeness (QED) is 0.294. The Labute approximate surface area is 269 Å². The van der Waals surface area contributed by atoms with Crippen LogP contribution in [0.25, 0.3) is 0 Å². The van der Waals surface area contributed by atoms with Crippen molar-refractivity contribution in [1.82, 2.24) is 4.90 Å². The lowest BCUT2D eigenvalue weighted by Crippen LogP contribution is -2.62. The predicted octanol–water partition coefficient (Wildman–Crippen LogP) is 8.91. The Bertz CT molecular complexity index is 1610. The summed E-state index contributed by atoms with van der Waals surface area (Å²) in [5.74, 6) is -1.61. The van der Waals surface area contributed by atoms with Gasteiger partial charge in [0, 0.05) is 27.9 Å². The standard InChI is InChI=1S/C36H40Cl2FN3O2/c1-6-42-31(32(43)40-24-13-10-22(11-14-24)21(2)3)29(25-8-7-9-27(38)30(25)39)36(35(42)18-16-34(4,5)17-19-35)26-15-12-23(37)20-28(26)41-33(36)44/h7-15,20-21,29,31H,6,16-19H2,1-5H3,(H,40,43)(H,41,44)/t29-,31+,36+/m0/s1. The van der Waals surface area contributed by atoms with Crippen LogP contribution in [-0.2, 0) is 15.0 Å². The summed E-state index contributed by atoms with van der Waals surface area (Å²) in [6, 6.07) is 17.3. The number of likely N-dealkylation sites (N-methyl/N-ethyl adjacent to an activating group) is 1. The molecule has 3 aromatic rings. The second kappa shape index (κ2) is 11.1. The van der Waals surface area contributed by atoms with Gasteiger partial charge in [-0.15, -0.1) is 0 Å². The van der Waals surface area contributed by atoms with Gasteiger partial charge in [0.1, 0.15) is 11.2 Å². The molecular formula is C36H40Cl2FN3O2. The lowest BCUT2D eigenvalue weighted by atomic mass is 9.53. The van der Waals surface area contributed by atoms with Gasteiger partial charge in [-0.25, -0.2) is 4.39 Å². The first-order chi connectivity index (χ1) is 20.9. The molecule has 8 heteroatoms. The van der Waals surface area contributed by atoms with E-state index in [0.717, 1.165) is 18.4 Å². The Hall–Kier alpha value is -2.93. The predicted molar refractivity (Wildman–Crippen MR) is 176 cm³/mol. The molecule has 232 valence electrons. The van der Waals surface area contributed by atoms with E-state index in [1.54, 1.807) is 24.3 Å². The van der Waals surface area contributed by atoms with Gasteiger partial charge in [0.2, 0.25) is 11.8 Å². The van der Waals surface area contributed by atoms with Crippen LogP contribution in [-0.4, -0.2) is 34.8 Å². The van der Waals surface area contributed by atoms with Crippen molar-refractivity contribution in [2.45, 2.75) is 89.1 Å². The van der Waals surface area contributed by atoms with E-state index in [1.807, 2.05) is 37.3 Å². The number of anilines is 2. The van der Waals surface area contributed by atoms with Crippen molar-refractivity contribution in [1.29, 1.82) is 0 Å². The summed E-state index contributed by atoms with van der Waals surface area (Å²) >= 11 is 12.9. The fourth-order valence-electron chi connectivity index (χ4n) is 8.42. The zero-order chi connectivity index (χ0) is 31.6. The maximum Gasteiger partial charge on any atom is 0.242 e. The molecule has 2 spiro atoms. The highest BCUT2D eigenvalue weighted by Crippen LogP contribution is 2.67. The van der Waals surface area contributed by atoms with Crippen LogP contribution < -0.4 is 10.6 Å². The second-order valence-corrected chi connectivity index (χ2v) is 14.6. The SMILES string of the molecule is CCN1[C@@H](C(=O)Nc2ccc(C(C)C)cc2)[C@H](c2cccc(Cl)c2F)[C@]2(C(=O)Nc3cc(Cl)ccc32)C12CCC(C)(C)CC2. The number of carbonyl (C=O) groups excluding carboxylic acids is 2. The van der Waals surface area contributed by atoms with Crippen molar-refractivity contribution in [2.75, 3.05) is 17.2 Å². The molecule has 2 N–H and O–H groups in total. The van der Waals surface area contributed by atoms with E-state index < -0.39 is 28.7 Å². The van der Waals surface area contributed by atoms with Gasteiger partial charge in [-0.2, -0.15) is 0 Å². The second-order valence-electron chi connectivity index (χ2n) is 13.8. The highest BCUT2D eigenvalue weighted by molar-refractivity contribution is 6.31. The number of rotatable bonds is 5. The highest BCUT2D eigenvalue weighted by Gasteiger charge is 2.75. The Balaban J connectivity index is 1.61. The topological polar surface area (TPSA) is 61.4 Å². The molecule has 2 heterocycles. The minimum absolute atomic E-state index is 0.0374. The first-order valence-electron chi connectivity index (χ1n) is 15.6. The number of carbonyl (C=O) groups is 2.